The number of nitrogens with zero attached hydrogens (tertiary/aromatic N) is 2. The third-order valence-corrected chi connectivity index (χ3v) is 7.22. The van der Waals surface area contributed by atoms with Crippen LogP contribution < -0.4 is 14.4 Å². The molecule has 36 heavy (non-hydrogen) atoms. The van der Waals surface area contributed by atoms with Crippen LogP contribution in [0, 0.1) is 12.7 Å². The van der Waals surface area contributed by atoms with Crippen molar-refractivity contribution in [1.29, 1.82) is 0 Å². The molecule has 2 aliphatic heterocycles. The van der Waals surface area contributed by atoms with Gasteiger partial charge in [-0.3, -0.25) is 14.5 Å². The number of ketones is 1. The highest BCUT2D eigenvalue weighted by molar-refractivity contribution is 7.22. The van der Waals surface area contributed by atoms with Crippen LogP contribution in [0.1, 0.15) is 22.7 Å². The molecule has 2 aliphatic rings. The summed E-state index contributed by atoms with van der Waals surface area (Å²) >= 11 is 1.11. The lowest BCUT2D eigenvalue weighted by Crippen LogP contribution is -2.29. The predicted octanol–water partition coefficient (Wildman–Crippen LogP) is 5.14. The molecule has 1 fully saturated rings. The van der Waals surface area contributed by atoms with Crippen LogP contribution in [0.15, 0.2) is 66.2 Å². The molecule has 1 aromatic heterocycles. The highest BCUT2D eigenvalue weighted by Crippen LogP contribution is 2.45. The summed E-state index contributed by atoms with van der Waals surface area (Å²) < 4.78 is 25.5. The minimum Gasteiger partial charge on any atom is -0.507 e. The quantitative estimate of drug-likeness (QED) is 0.237. The number of anilines is 1. The van der Waals surface area contributed by atoms with Gasteiger partial charge in [0, 0.05) is 5.56 Å². The summed E-state index contributed by atoms with van der Waals surface area (Å²) in [6.07, 6.45) is 0. The van der Waals surface area contributed by atoms with Crippen molar-refractivity contribution in [3.8, 4) is 11.5 Å². The lowest BCUT2D eigenvalue weighted by molar-refractivity contribution is -0.132. The smallest absolute Gasteiger partial charge is 0.301 e. The van der Waals surface area contributed by atoms with Gasteiger partial charge in [0.2, 0.25) is 0 Å². The Morgan fingerprint density at radius 1 is 1.03 bits per heavy atom. The van der Waals surface area contributed by atoms with Gasteiger partial charge in [0.05, 0.1) is 21.8 Å². The maximum absolute atomic E-state index is 13.8. The molecule has 4 aromatic rings. The van der Waals surface area contributed by atoms with E-state index in [2.05, 4.69) is 4.98 Å². The van der Waals surface area contributed by atoms with E-state index in [1.807, 2.05) is 31.2 Å². The summed E-state index contributed by atoms with van der Waals surface area (Å²) in [5, 5.41) is 11.6. The van der Waals surface area contributed by atoms with Crippen molar-refractivity contribution in [3.05, 3.63) is 88.7 Å². The molecule has 3 aromatic carbocycles. The van der Waals surface area contributed by atoms with Crippen LogP contribution in [0.2, 0.25) is 0 Å². The Bertz CT molecular complexity index is 1580. The van der Waals surface area contributed by atoms with E-state index in [9.17, 15) is 19.1 Å². The fraction of sp³-hybridized carbons (Fsp3) is 0.148. The van der Waals surface area contributed by atoms with E-state index in [0.29, 0.717) is 46.1 Å². The number of Topliss-reactive ketones (excluding diaryl/α,β-unsaturated/α-hetero) is 1. The predicted molar refractivity (Wildman–Crippen MR) is 133 cm³/mol. The molecule has 1 unspecified atom stereocenters. The van der Waals surface area contributed by atoms with Crippen molar-refractivity contribution >= 4 is 44.1 Å². The van der Waals surface area contributed by atoms with Gasteiger partial charge in [-0.25, -0.2) is 9.37 Å². The van der Waals surface area contributed by atoms with Gasteiger partial charge in [-0.05, 0) is 48.9 Å². The van der Waals surface area contributed by atoms with Gasteiger partial charge in [-0.1, -0.05) is 41.2 Å². The van der Waals surface area contributed by atoms with Gasteiger partial charge in [0.15, 0.2) is 16.6 Å². The maximum Gasteiger partial charge on any atom is 0.301 e. The highest BCUT2D eigenvalue weighted by atomic mass is 32.1. The van der Waals surface area contributed by atoms with Crippen LogP contribution in [0.25, 0.3) is 16.0 Å². The molecule has 1 saturated heterocycles. The van der Waals surface area contributed by atoms with Gasteiger partial charge in [0.25, 0.3) is 5.78 Å². The van der Waals surface area contributed by atoms with Crippen LogP contribution in [-0.2, 0) is 9.59 Å². The van der Waals surface area contributed by atoms with Crippen molar-refractivity contribution in [2.45, 2.75) is 13.0 Å². The number of aliphatic hydroxyl groups excluding tert-OH is 1. The number of thiazole rings is 1. The van der Waals surface area contributed by atoms with Gasteiger partial charge in [-0.15, -0.1) is 0 Å². The SMILES string of the molecule is Cc1ccc(C2/C(=C(\O)c3ccc4c(c3)OCCO4)C(=O)C(=O)N2c2nc3ccc(F)cc3s2)cc1. The highest BCUT2D eigenvalue weighted by Gasteiger charge is 2.48. The van der Waals surface area contributed by atoms with Gasteiger partial charge in [-0.2, -0.15) is 0 Å². The number of hydrogen-bond donors (Lipinski definition) is 1. The zero-order valence-corrected chi connectivity index (χ0v) is 19.8. The fourth-order valence-corrected chi connectivity index (χ4v) is 5.45. The molecule has 7 nitrogen and oxygen atoms in total. The number of hydrogen-bond acceptors (Lipinski definition) is 7. The second kappa shape index (κ2) is 8.46. The number of fused-ring (bicyclic) bond motifs is 2. The number of carbonyl (C=O) groups is 2. The first kappa shape index (κ1) is 22.2. The number of aliphatic hydroxyl groups is 1. The number of carbonyl (C=O) groups excluding carboxylic acids is 2. The van der Waals surface area contributed by atoms with Gasteiger partial charge in [0.1, 0.15) is 24.8 Å². The second-order valence-corrected chi connectivity index (χ2v) is 9.56. The normalized spacial score (nSPS) is 18.7. The second-order valence-electron chi connectivity index (χ2n) is 8.55. The minimum absolute atomic E-state index is 0.0639. The molecule has 0 aliphatic carbocycles. The molecule has 9 heteroatoms. The number of rotatable bonds is 3. The van der Waals surface area contributed by atoms with E-state index in [4.69, 9.17) is 9.47 Å². The van der Waals surface area contributed by atoms with E-state index in [1.54, 1.807) is 18.2 Å². The van der Waals surface area contributed by atoms with Crippen LogP contribution in [0.3, 0.4) is 0 Å². The Hall–Kier alpha value is -4.24. The topological polar surface area (TPSA) is 89.0 Å². The molecule has 0 bridgehead atoms. The van der Waals surface area contributed by atoms with Crippen molar-refractivity contribution in [3.63, 3.8) is 0 Å². The summed E-state index contributed by atoms with van der Waals surface area (Å²) in [6, 6.07) is 15.4. The molecule has 0 radical (unpaired) electrons. The van der Waals surface area contributed by atoms with Crippen LogP contribution in [0.5, 0.6) is 11.5 Å². The summed E-state index contributed by atoms with van der Waals surface area (Å²) in [4.78, 5) is 32.5. The average molecular weight is 503 g/mol. The molecule has 0 spiro atoms. The number of halogens is 1. The number of aromatic nitrogens is 1. The molecule has 6 rings (SSSR count). The third kappa shape index (κ3) is 3.59. The first-order chi connectivity index (χ1) is 17.4. The number of benzene rings is 3. The van der Waals surface area contributed by atoms with Gasteiger partial charge >= 0.3 is 5.91 Å². The van der Waals surface area contributed by atoms with Gasteiger partial charge < -0.3 is 14.6 Å². The Morgan fingerprint density at radius 2 is 1.78 bits per heavy atom. The molecule has 1 N–H and O–H groups in total. The monoisotopic (exact) mass is 502 g/mol. The molecule has 1 atom stereocenters. The van der Waals surface area contributed by atoms with Crippen LogP contribution in [0.4, 0.5) is 9.52 Å². The summed E-state index contributed by atoms with van der Waals surface area (Å²) in [5.41, 5.74) is 2.39. The molecular weight excluding hydrogens is 483 g/mol. The lowest BCUT2D eigenvalue weighted by atomic mass is 9.94. The molecular formula is C27H19FN2O5S. The zero-order chi connectivity index (χ0) is 25.0. The Morgan fingerprint density at radius 3 is 2.56 bits per heavy atom. The van der Waals surface area contributed by atoms with E-state index in [1.165, 1.54) is 23.1 Å². The zero-order valence-electron chi connectivity index (χ0n) is 19.0. The Labute approximate surface area is 209 Å². The summed E-state index contributed by atoms with van der Waals surface area (Å²) in [5.74, 6) is -1.42. The number of aryl methyl sites for hydroxylation is 1. The first-order valence-corrected chi connectivity index (χ1v) is 12.1. The summed E-state index contributed by atoms with van der Waals surface area (Å²) in [7, 11) is 0. The molecule has 0 saturated carbocycles. The number of amides is 1. The van der Waals surface area contributed by atoms with E-state index in [0.717, 1.165) is 16.9 Å². The first-order valence-electron chi connectivity index (χ1n) is 11.2. The van der Waals surface area contributed by atoms with Crippen molar-refractivity contribution in [1.82, 2.24) is 4.98 Å². The largest absolute Gasteiger partial charge is 0.507 e. The Kier molecular flexibility index (Phi) is 5.22. The third-order valence-electron chi connectivity index (χ3n) is 6.20. The Balaban J connectivity index is 1.54. The van der Waals surface area contributed by atoms with Crippen molar-refractivity contribution in [2.75, 3.05) is 18.1 Å². The molecule has 1 amide bonds. The van der Waals surface area contributed by atoms with Crippen molar-refractivity contribution < 1.29 is 28.6 Å². The standard InChI is InChI=1S/C27H19FN2O5S/c1-14-2-4-15(5-3-14)23-22(24(31)16-6-9-19-20(12-16)35-11-10-34-19)25(32)26(33)30(23)27-29-18-8-7-17(28)13-21(18)36-27/h2-9,12-13,23,31H,10-11H2,1H3/b24-22+. The maximum atomic E-state index is 13.8. The van der Waals surface area contributed by atoms with E-state index < -0.39 is 23.5 Å². The average Bonchev–Trinajstić information content (AvgIpc) is 3.41. The van der Waals surface area contributed by atoms with Crippen molar-refractivity contribution in [2.24, 2.45) is 0 Å². The minimum atomic E-state index is -0.927. The number of ether oxygens (including phenoxy) is 2. The van der Waals surface area contributed by atoms with Crippen LogP contribution in [-0.4, -0.2) is 35.0 Å². The van der Waals surface area contributed by atoms with Crippen LogP contribution >= 0.6 is 11.3 Å². The van der Waals surface area contributed by atoms with E-state index >= 15 is 0 Å². The molecule has 3 heterocycles. The summed E-state index contributed by atoms with van der Waals surface area (Å²) in [6.45, 7) is 2.71. The molecule has 180 valence electrons. The van der Waals surface area contributed by atoms with E-state index in [-0.39, 0.29) is 16.5 Å². The lowest BCUT2D eigenvalue weighted by Gasteiger charge is -2.23. The fourth-order valence-electron chi connectivity index (χ4n) is 4.43.